The third-order valence-electron chi connectivity index (χ3n) is 9.36. The topological polar surface area (TPSA) is 69.6 Å². The molecule has 0 bridgehead atoms. The first-order valence-corrected chi connectivity index (χ1v) is 19.7. The maximum atomic E-state index is 17.1. The molecule has 48 heavy (non-hydrogen) atoms. The van der Waals surface area contributed by atoms with Crippen LogP contribution in [0.2, 0.25) is 16.6 Å². The molecule has 0 saturated carbocycles. The predicted octanol–water partition coefficient (Wildman–Crippen LogP) is 9.17. The summed E-state index contributed by atoms with van der Waals surface area (Å²) in [5.41, 5.74) is 5.24. The fourth-order valence-corrected chi connectivity index (χ4v) is 12.7. The first-order valence-electron chi connectivity index (χ1n) is 16.3. The fourth-order valence-electron chi connectivity index (χ4n) is 7.12. The fraction of sp³-hybridized carbons (Fsp3) is 0.432. The molecule has 0 atom stereocenters. The molecule has 254 valence electrons. The van der Waals surface area contributed by atoms with Gasteiger partial charge in [0.15, 0.2) is 17.8 Å². The quantitative estimate of drug-likeness (QED) is 0.0408. The van der Waals surface area contributed by atoms with E-state index in [1.807, 2.05) is 6.26 Å². The Morgan fingerprint density at radius 1 is 0.958 bits per heavy atom. The van der Waals surface area contributed by atoms with Gasteiger partial charge in [-0.15, -0.1) is 5.54 Å². The van der Waals surface area contributed by atoms with E-state index in [1.165, 1.54) is 32.0 Å². The molecule has 11 heteroatoms. The lowest BCUT2D eigenvalue weighted by Gasteiger charge is -2.38. The molecule has 2 aromatic carbocycles. The molecular formula is C37H44F2N4O3SSi. The van der Waals surface area contributed by atoms with Gasteiger partial charge in [-0.25, -0.2) is 23.7 Å². The molecule has 0 spiro atoms. The van der Waals surface area contributed by atoms with Crippen LogP contribution in [0, 0.1) is 23.1 Å². The van der Waals surface area contributed by atoms with Crippen LogP contribution in [0.4, 0.5) is 14.6 Å². The Morgan fingerprint density at radius 3 is 2.29 bits per heavy atom. The van der Waals surface area contributed by atoms with E-state index in [0.29, 0.717) is 68.2 Å². The molecule has 3 heterocycles. The van der Waals surface area contributed by atoms with Crippen LogP contribution >= 0.6 is 11.8 Å². The number of fused-ring (bicyclic) bond motifs is 2. The number of pyridine rings is 1. The molecule has 0 unspecified atom stereocenters. The zero-order valence-corrected chi connectivity index (χ0v) is 31.0. The molecule has 4 aromatic rings. The van der Waals surface area contributed by atoms with E-state index in [0.717, 1.165) is 6.42 Å². The third-order valence-corrected chi connectivity index (χ3v) is 16.2. The first-order chi connectivity index (χ1) is 23.0. The summed E-state index contributed by atoms with van der Waals surface area (Å²) in [6.45, 7) is 14.6. The SMILES string of the molecule is COCOc1cc(-c2nc(OC)c3c(N4CC=CCC4)nc(SC)nc3c2F)c2c(C#C[Si](C(C)C)(C(C)C)C(C)C)c(F)ccc2c1. The summed E-state index contributed by atoms with van der Waals surface area (Å²) in [6, 6.07) is 6.51. The Bertz CT molecular complexity index is 1900. The Morgan fingerprint density at radius 2 is 1.69 bits per heavy atom. The number of nitrogens with zero attached hydrogens (tertiary/aromatic N) is 4. The molecule has 1 aliphatic heterocycles. The van der Waals surface area contributed by atoms with E-state index < -0.39 is 19.7 Å². The first kappa shape index (κ1) is 35.6. The average molecular weight is 691 g/mol. The van der Waals surface area contributed by atoms with Gasteiger partial charge in [-0.2, -0.15) is 0 Å². The summed E-state index contributed by atoms with van der Waals surface area (Å²) in [4.78, 5) is 16.2. The molecule has 7 nitrogen and oxygen atoms in total. The smallest absolute Gasteiger partial charge is 0.227 e. The van der Waals surface area contributed by atoms with Gasteiger partial charge in [0, 0.05) is 31.1 Å². The molecule has 0 saturated heterocycles. The van der Waals surface area contributed by atoms with Crippen LogP contribution in [-0.4, -0.2) is 63.4 Å². The Kier molecular flexibility index (Phi) is 11.0. The number of aromatic nitrogens is 3. The number of ether oxygens (including phenoxy) is 3. The van der Waals surface area contributed by atoms with Crippen molar-refractivity contribution in [2.24, 2.45) is 0 Å². The van der Waals surface area contributed by atoms with Gasteiger partial charge in [0.2, 0.25) is 5.88 Å². The minimum absolute atomic E-state index is 0.0288. The predicted molar refractivity (Wildman–Crippen MR) is 195 cm³/mol. The van der Waals surface area contributed by atoms with Crippen LogP contribution in [0.25, 0.3) is 32.9 Å². The highest BCUT2D eigenvalue weighted by atomic mass is 32.2. The number of methoxy groups -OCH3 is 2. The maximum Gasteiger partial charge on any atom is 0.227 e. The number of hydrogen-bond donors (Lipinski definition) is 0. The minimum Gasteiger partial charge on any atom is -0.480 e. The lowest BCUT2D eigenvalue weighted by atomic mass is 9.95. The molecule has 0 N–H and O–H groups in total. The van der Waals surface area contributed by atoms with E-state index in [2.05, 4.69) is 75.0 Å². The largest absolute Gasteiger partial charge is 0.480 e. The number of hydrogen-bond acceptors (Lipinski definition) is 8. The van der Waals surface area contributed by atoms with Crippen LogP contribution in [-0.2, 0) is 4.74 Å². The van der Waals surface area contributed by atoms with Gasteiger partial charge in [-0.05, 0) is 52.9 Å². The van der Waals surface area contributed by atoms with Gasteiger partial charge in [0.05, 0.1) is 12.7 Å². The van der Waals surface area contributed by atoms with E-state index in [1.54, 1.807) is 18.2 Å². The molecule has 5 rings (SSSR count). The van der Waals surface area contributed by atoms with Gasteiger partial charge in [0.1, 0.15) is 42.1 Å². The van der Waals surface area contributed by atoms with Crippen molar-refractivity contribution in [2.75, 3.05) is 45.3 Å². The molecular weight excluding hydrogens is 647 g/mol. The van der Waals surface area contributed by atoms with Crippen LogP contribution in [0.5, 0.6) is 11.6 Å². The van der Waals surface area contributed by atoms with Crippen molar-refractivity contribution >= 4 is 47.3 Å². The summed E-state index contributed by atoms with van der Waals surface area (Å²) in [5, 5.41) is 1.88. The normalized spacial score (nSPS) is 13.6. The Labute approximate surface area is 287 Å². The second kappa shape index (κ2) is 14.8. The number of anilines is 1. The summed E-state index contributed by atoms with van der Waals surface area (Å²) >= 11 is 1.33. The zero-order valence-electron chi connectivity index (χ0n) is 29.2. The Hall–Kier alpha value is -3.72. The molecule has 2 aromatic heterocycles. The molecule has 0 fully saturated rings. The van der Waals surface area contributed by atoms with E-state index in [4.69, 9.17) is 24.2 Å². The summed E-state index contributed by atoms with van der Waals surface area (Å²) in [5.74, 6) is 3.30. The van der Waals surface area contributed by atoms with Crippen LogP contribution in [0.3, 0.4) is 0 Å². The van der Waals surface area contributed by atoms with Crippen LogP contribution in [0.15, 0.2) is 41.6 Å². The highest BCUT2D eigenvalue weighted by molar-refractivity contribution is 7.98. The second-order valence-corrected chi connectivity index (χ2v) is 19.3. The number of thioether (sulfide) groups is 1. The molecule has 1 aliphatic rings. The van der Waals surface area contributed by atoms with Gasteiger partial charge in [0.25, 0.3) is 0 Å². The molecule has 0 amide bonds. The second-order valence-electron chi connectivity index (χ2n) is 12.9. The highest BCUT2D eigenvalue weighted by Crippen LogP contribution is 2.44. The summed E-state index contributed by atoms with van der Waals surface area (Å²) in [7, 11) is 0.765. The van der Waals surface area contributed by atoms with Crippen LogP contribution < -0.4 is 14.4 Å². The van der Waals surface area contributed by atoms with Crippen molar-refractivity contribution in [3.05, 3.63) is 53.6 Å². The van der Waals surface area contributed by atoms with Crippen molar-refractivity contribution in [3.8, 4) is 34.4 Å². The minimum atomic E-state index is -2.25. The van der Waals surface area contributed by atoms with Crippen molar-refractivity contribution in [1.29, 1.82) is 0 Å². The number of benzene rings is 2. The van der Waals surface area contributed by atoms with Gasteiger partial charge in [-0.1, -0.05) is 77.4 Å². The van der Waals surface area contributed by atoms with Crippen molar-refractivity contribution in [3.63, 3.8) is 0 Å². The summed E-state index contributed by atoms with van der Waals surface area (Å²) < 4.78 is 50.0. The highest BCUT2D eigenvalue weighted by Gasteiger charge is 2.42. The summed E-state index contributed by atoms with van der Waals surface area (Å²) in [6.07, 6.45) is 6.86. The monoisotopic (exact) mass is 690 g/mol. The van der Waals surface area contributed by atoms with Crippen LogP contribution in [0.1, 0.15) is 53.5 Å². The standard InChI is InChI=1S/C37H44F2N4O3SSi/c1-22(2)48(23(3)4,24(5)6)18-15-27-29(38)14-13-25-19-26(46-21-44-7)20-28(30(25)27)33-32(39)34-31(36(40-33)45-8)35(42-37(41-34)47-9)43-16-11-10-12-17-43/h10-11,13-14,19-20,22-24H,12,16-17,21H2,1-9H3. The van der Waals surface area contributed by atoms with E-state index in [9.17, 15) is 0 Å². The van der Waals surface area contributed by atoms with E-state index >= 15 is 8.78 Å². The molecule has 0 aliphatic carbocycles. The lowest BCUT2D eigenvalue weighted by Crippen LogP contribution is -2.43. The zero-order chi connectivity index (χ0) is 34.7. The van der Waals surface area contributed by atoms with Gasteiger partial charge >= 0.3 is 0 Å². The lowest BCUT2D eigenvalue weighted by molar-refractivity contribution is 0.0512. The molecule has 0 radical (unpaired) electrons. The number of halogens is 2. The van der Waals surface area contributed by atoms with Crippen molar-refractivity contribution < 1.29 is 23.0 Å². The maximum absolute atomic E-state index is 17.1. The van der Waals surface area contributed by atoms with Crippen molar-refractivity contribution in [2.45, 2.75) is 69.7 Å². The van der Waals surface area contributed by atoms with Crippen molar-refractivity contribution in [1.82, 2.24) is 15.0 Å². The van der Waals surface area contributed by atoms with Gasteiger partial charge in [-0.3, -0.25) is 0 Å². The van der Waals surface area contributed by atoms with E-state index in [-0.39, 0.29) is 29.4 Å². The Balaban J connectivity index is 1.88. The van der Waals surface area contributed by atoms with Gasteiger partial charge < -0.3 is 19.1 Å². The average Bonchev–Trinajstić information content (AvgIpc) is 3.07. The number of rotatable bonds is 10. The third kappa shape index (κ3) is 6.50.